The lowest BCUT2D eigenvalue weighted by molar-refractivity contribution is 0.352. The van der Waals surface area contributed by atoms with Gasteiger partial charge in [0.1, 0.15) is 11.3 Å². The largest absolute Gasteiger partial charge is 0.494 e. The molecule has 1 aromatic carbocycles. The van der Waals surface area contributed by atoms with Gasteiger partial charge in [0.25, 0.3) is 0 Å². The quantitative estimate of drug-likeness (QED) is 0.792. The van der Waals surface area contributed by atoms with Gasteiger partial charge in [-0.3, -0.25) is 0 Å². The zero-order valence-electron chi connectivity index (χ0n) is 13.4. The number of ether oxygens (including phenoxy) is 1. The molecule has 1 aliphatic rings. The predicted octanol–water partition coefficient (Wildman–Crippen LogP) is 1.68. The van der Waals surface area contributed by atoms with E-state index < -0.39 is 0 Å². The van der Waals surface area contributed by atoms with Crippen LogP contribution in [0, 0.1) is 0 Å². The average molecular weight is 312 g/mol. The van der Waals surface area contributed by atoms with Gasteiger partial charge in [0.2, 0.25) is 5.95 Å². The first-order valence-electron chi connectivity index (χ1n) is 7.92. The molecule has 0 bridgehead atoms. The molecule has 7 nitrogen and oxygen atoms in total. The molecular weight excluding hydrogens is 292 g/mol. The maximum absolute atomic E-state index is 6.09. The predicted molar refractivity (Wildman–Crippen MR) is 88.7 cm³/mol. The zero-order chi connectivity index (χ0) is 16.0. The Balaban J connectivity index is 1.88. The molecule has 120 valence electrons. The van der Waals surface area contributed by atoms with Gasteiger partial charge < -0.3 is 15.4 Å². The van der Waals surface area contributed by atoms with Crippen LogP contribution in [0.3, 0.4) is 0 Å². The van der Waals surface area contributed by atoms with Crippen LogP contribution < -0.4 is 10.5 Å². The number of hydrogen-bond acceptors (Lipinski definition) is 6. The van der Waals surface area contributed by atoms with E-state index in [1.807, 2.05) is 18.2 Å². The van der Waals surface area contributed by atoms with Gasteiger partial charge in [-0.15, -0.1) is 5.10 Å². The van der Waals surface area contributed by atoms with E-state index in [0.717, 1.165) is 48.4 Å². The maximum Gasteiger partial charge on any atom is 0.223 e. The molecule has 3 heterocycles. The number of benzene rings is 1. The molecule has 0 amide bonds. The van der Waals surface area contributed by atoms with E-state index in [1.165, 1.54) is 0 Å². The molecule has 23 heavy (non-hydrogen) atoms. The zero-order valence-corrected chi connectivity index (χ0v) is 13.4. The van der Waals surface area contributed by atoms with Crippen molar-refractivity contribution in [2.45, 2.75) is 19.3 Å². The Morgan fingerprint density at radius 1 is 1.35 bits per heavy atom. The van der Waals surface area contributed by atoms with Crippen molar-refractivity contribution < 1.29 is 4.74 Å². The van der Waals surface area contributed by atoms with Crippen molar-refractivity contribution in [3.8, 4) is 5.75 Å². The SMILES string of the molecule is CCN1CC[C@@H](c2nc3c4cccc(OC)c4nc(N)n3n2)C1. The summed E-state index contributed by atoms with van der Waals surface area (Å²) >= 11 is 0. The number of nitrogen functional groups attached to an aromatic ring is 1. The van der Waals surface area contributed by atoms with Gasteiger partial charge in [0, 0.05) is 17.8 Å². The smallest absolute Gasteiger partial charge is 0.223 e. The summed E-state index contributed by atoms with van der Waals surface area (Å²) < 4.78 is 7.03. The van der Waals surface area contributed by atoms with Crippen molar-refractivity contribution in [2.75, 3.05) is 32.5 Å². The van der Waals surface area contributed by atoms with E-state index in [9.17, 15) is 0 Å². The van der Waals surface area contributed by atoms with Crippen LogP contribution in [0.25, 0.3) is 16.6 Å². The molecule has 0 unspecified atom stereocenters. The van der Waals surface area contributed by atoms with Crippen molar-refractivity contribution in [1.29, 1.82) is 0 Å². The summed E-state index contributed by atoms with van der Waals surface area (Å²) in [5, 5.41) is 5.52. The highest BCUT2D eigenvalue weighted by molar-refractivity contribution is 5.95. The average Bonchev–Trinajstić information content (AvgIpc) is 3.21. The normalized spacial score (nSPS) is 19.0. The molecule has 1 fully saturated rings. The molecular formula is C16H20N6O. The molecule has 2 N–H and O–H groups in total. The van der Waals surface area contributed by atoms with Crippen molar-refractivity contribution >= 4 is 22.5 Å². The highest BCUT2D eigenvalue weighted by Gasteiger charge is 2.27. The summed E-state index contributed by atoms with van der Waals surface area (Å²) in [5.41, 5.74) is 7.56. The van der Waals surface area contributed by atoms with E-state index >= 15 is 0 Å². The molecule has 1 atom stereocenters. The monoisotopic (exact) mass is 312 g/mol. The van der Waals surface area contributed by atoms with Crippen molar-refractivity contribution in [3.63, 3.8) is 0 Å². The van der Waals surface area contributed by atoms with Gasteiger partial charge in [-0.25, -0.2) is 9.97 Å². The Morgan fingerprint density at radius 2 is 2.22 bits per heavy atom. The van der Waals surface area contributed by atoms with Crippen LogP contribution in [0.2, 0.25) is 0 Å². The number of likely N-dealkylation sites (tertiary alicyclic amines) is 1. The number of para-hydroxylation sites is 1. The second-order valence-corrected chi connectivity index (χ2v) is 5.91. The van der Waals surface area contributed by atoms with Crippen LogP contribution in [-0.2, 0) is 0 Å². The fourth-order valence-corrected chi connectivity index (χ4v) is 3.31. The highest BCUT2D eigenvalue weighted by Crippen LogP contribution is 2.30. The van der Waals surface area contributed by atoms with Gasteiger partial charge in [-0.1, -0.05) is 13.0 Å². The molecule has 0 saturated carbocycles. The van der Waals surface area contributed by atoms with Crippen LogP contribution in [0.5, 0.6) is 5.75 Å². The molecule has 3 aromatic rings. The lowest BCUT2D eigenvalue weighted by atomic mass is 10.1. The standard InChI is InChI=1S/C16H20N6O/c1-3-21-8-7-10(9-21)14-19-15-11-5-4-6-12(23-2)13(11)18-16(17)22(15)20-14/h4-6,10H,3,7-9H2,1-2H3,(H2,17,18)/t10-/m1/s1. The van der Waals surface area contributed by atoms with Crippen LogP contribution in [0.4, 0.5) is 5.95 Å². The summed E-state index contributed by atoms with van der Waals surface area (Å²) in [6.07, 6.45) is 1.08. The minimum Gasteiger partial charge on any atom is -0.494 e. The minimum atomic E-state index is 0.334. The molecule has 2 aromatic heterocycles. The van der Waals surface area contributed by atoms with Crippen LogP contribution in [0.15, 0.2) is 18.2 Å². The molecule has 0 aliphatic carbocycles. The second-order valence-electron chi connectivity index (χ2n) is 5.91. The van der Waals surface area contributed by atoms with E-state index in [-0.39, 0.29) is 0 Å². The number of methoxy groups -OCH3 is 1. The third-order valence-electron chi connectivity index (χ3n) is 4.61. The summed E-state index contributed by atoms with van der Waals surface area (Å²) in [4.78, 5) is 11.6. The topological polar surface area (TPSA) is 81.6 Å². The number of fused-ring (bicyclic) bond motifs is 3. The Labute approximate surface area is 134 Å². The Bertz CT molecular complexity index is 874. The summed E-state index contributed by atoms with van der Waals surface area (Å²) in [5.74, 6) is 2.24. The Hall–Kier alpha value is -2.41. The number of hydrogen-bond donors (Lipinski definition) is 1. The van der Waals surface area contributed by atoms with Gasteiger partial charge >= 0.3 is 0 Å². The number of nitrogens with two attached hydrogens (primary N) is 1. The summed E-state index contributed by atoms with van der Waals surface area (Å²) in [7, 11) is 1.63. The van der Waals surface area contributed by atoms with Crippen LogP contribution in [0.1, 0.15) is 25.1 Å². The highest BCUT2D eigenvalue weighted by atomic mass is 16.5. The minimum absolute atomic E-state index is 0.334. The molecule has 1 aliphatic heterocycles. The van der Waals surface area contributed by atoms with Crippen LogP contribution in [-0.4, -0.2) is 51.2 Å². The Kier molecular flexibility index (Phi) is 3.30. The number of anilines is 1. The van der Waals surface area contributed by atoms with Gasteiger partial charge in [-0.2, -0.15) is 4.52 Å². The third kappa shape index (κ3) is 2.19. The third-order valence-corrected chi connectivity index (χ3v) is 4.61. The first-order chi connectivity index (χ1) is 11.2. The maximum atomic E-state index is 6.09. The first-order valence-corrected chi connectivity index (χ1v) is 7.92. The molecule has 0 radical (unpaired) electrons. The fraction of sp³-hybridized carbons (Fsp3) is 0.438. The molecule has 1 saturated heterocycles. The van der Waals surface area contributed by atoms with Crippen molar-refractivity contribution in [1.82, 2.24) is 24.5 Å². The fourth-order valence-electron chi connectivity index (χ4n) is 3.31. The second kappa shape index (κ2) is 5.34. The first kappa shape index (κ1) is 14.2. The molecule has 4 rings (SSSR count). The van der Waals surface area contributed by atoms with Gasteiger partial charge in [0.15, 0.2) is 11.5 Å². The van der Waals surface area contributed by atoms with E-state index in [2.05, 4.69) is 21.9 Å². The number of nitrogens with zero attached hydrogens (tertiary/aromatic N) is 5. The van der Waals surface area contributed by atoms with Crippen LogP contribution >= 0.6 is 0 Å². The molecule has 7 heteroatoms. The van der Waals surface area contributed by atoms with Crippen molar-refractivity contribution in [2.24, 2.45) is 0 Å². The van der Waals surface area contributed by atoms with Gasteiger partial charge in [-0.05, 0) is 31.6 Å². The lowest BCUT2D eigenvalue weighted by Crippen LogP contribution is -2.19. The summed E-state index contributed by atoms with van der Waals surface area (Å²) in [6, 6.07) is 5.78. The lowest BCUT2D eigenvalue weighted by Gasteiger charge is -2.10. The van der Waals surface area contributed by atoms with E-state index in [1.54, 1.807) is 11.6 Å². The van der Waals surface area contributed by atoms with E-state index in [4.69, 9.17) is 15.5 Å². The number of aromatic nitrogens is 4. The molecule has 0 spiro atoms. The van der Waals surface area contributed by atoms with E-state index in [0.29, 0.717) is 17.6 Å². The number of rotatable bonds is 3. The number of likely N-dealkylation sites (N-methyl/N-ethyl adjacent to an activating group) is 1. The van der Waals surface area contributed by atoms with Gasteiger partial charge in [0.05, 0.1) is 7.11 Å². The Morgan fingerprint density at radius 3 is 2.96 bits per heavy atom. The van der Waals surface area contributed by atoms with Crippen molar-refractivity contribution in [3.05, 3.63) is 24.0 Å². The summed E-state index contributed by atoms with van der Waals surface area (Å²) in [6.45, 7) is 5.34.